The Bertz CT molecular complexity index is 1230. The van der Waals surface area contributed by atoms with Gasteiger partial charge in [0.2, 0.25) is 0 Å². The molecule has 0 fully saturated rings. The maximum Gasteiger partial charge on any atom is 0.387 e. The van der Waals surface area contributed by atoms with E-state index in [0.29, 0.717) is 28.5 Å². The molecule has 0 spiro atoms. The summed E-state index contributed by atoms with van der Waals surface area (Å²) in [7, 11) is 0. The summed E-state index contributed by atoms with van der Waals surface area (Å²) < 4.78 is 46.1. The summed E-state index contributed by atoms with van der Waals surface area (Å²) in [6, 6.07) is 12.0. The topological polar surface area (TPSA) is 91.0 Å². The number of benzene rings is 2. The number of nitrogens with zero attached hydrogens (tertiary/aromatic N) is 1. The molecule has 1 aromatic heterocycles. The molecule has 7 nitrogen and oxygen atoms in total. The van der Waals surface area contributed by atoms with Crippen LogP contribution in [0, 0.1) is 0 Å². The third-order valence-electron chi connectivity index (χ3n) is 5.14. The predicted molar refractivity (Wildman–Crippen MR) is 126 cm³/mol. The summed E-state index contributed by atoms with van der Waals surface area (Å²) >= 11 is 0. The van der Waals surface area contributed by atoms with Crippen molar-refractivity contribution < 1.29 is 37.4 Å². The van der Waals surface area contributed by atoms with Gasteiger partial charge in [-0.25, -0.2) is 4.79 Å². The van der Waals surface area contributed by atoms with Crippen LogP contribution in [0.25, 0.3) is 11.0 Å². The van der Waals surface area contributed by atoms with E-state index in [1.807, 2.05) is 19.1 Å². The summed E-state index contributed by atoms with van der Waals surface area (Å²) in [6.07, 6.45) is 5.35. The first kappa shape index (κ1) is 25.7. The van der Waals surface area contributed by atoms with Crippen LogP contribution in [0.2, 0.25) is 0 Å². The van der Waals surface area contributed by atoms with Crippen LogP contribution in [0.15, 0.2) is 71.0 Å². The number of aromatic nitrogens is 1. The summed E-state index contributed by atoms with van der Waals surface area (Å²) in [5.41, 5.74) is -0.165. The second-order valence-electron chi connectivity index (χ2n) is 8.27. The molecule has 0 aliphatic rings. The van der Waals surface area contributed by atoms with E-state index in [0.717, 1.165) is 5.39 Å². The molecule has 2 aromatic carbocycles. The van der Waals surface area contributed by atoms with Crippen molar-refractivity contribution in [3.63, 3.8) is 0 Å². The molecule has 1 unspecified atom stereocenters. The van der Waals surface area contributed by atoms with Crippen molar-refractivity contribution in [2.45, 2.75) is 52.2 Å². The first-order valence-electron chi connectivity index (χ1n) is 11.0. The average molecular weight is 487 g/mol. The molecule has 35 heavy (non-hydrogen) atoms. The lowest BCUT2D eigenvalue weighted by Gasteiger charge is -2.21. The fourth-order valence-electron chi connectivity index (χ4n) is 3.23. The Kier molecular flexibility index (Phi) is 8.11. The lowest BCUT2D eigenvalue weighted by Crippen LogP contribution is -2.37. The van der Waals surface area contributed by atoms with E-state index in [9.17, 15) is 18.7 Å². The van der Waals surface area contributed by atoms with E-state index in [2.05, 4.69) is 9.89 Å². The van der Waals surface area contributed by atoms with Gasteiger partial charge in [-0.05, 0) is 51.1 Å². The number of hydrogen-bond donors (Lipinski definition) is 1. The lowest BCUT2D eigenvalue weighted by molar-refractivity contribution is -0.152. The molecule has 0 bridgehead atoms. The highest BCUT2D eigenvalue weighted by molar-refractivity contribution is 5.81. The van der Waals surface area contributed by atoms with Crippen LogP contribution in [-0.2, 0) is 9.53 Å². The van der Waals surface area contributed by atoms with Gasteiger partial charge in [0.25, 0.3) is 0 Å². The minimum Gasteiger partial charge on any atom is -0.478 e. The number of fused-ring (bicyclic) bond motifs is 1. The minimum atomic E-state index is -2.85. The Balaban J connectivity index is 1.71. The van der Waals surface area contributed by atoms with E-state index in [-0.39, 0.29) is 18.1 Å². The van der Waals surface area contributed by atoms with E-state index in [4.69, 9.17) is 14.0 Å². The highest BCUT2D eigenvalue weighted by Gasteiger charge is 2.29. The Morgan fingerprint density at radius 3 is 2.57 bits per heavy atom. The van der Waals surface area contributed by atoms with Crippen molar-refractivity contribution in [3.8, 4) is 17.2 Å². The Labute approximate surface area is 201 Å². The molecule has 1 N–H and O–H groups in total. The van der Waals surface area contributed by atoms with Crippen LogP contribution in [0.4, 0.5) is 8.78 Å². The fourth-order valence-corrected chi connectivity index (χ4v) is 3.23. The second-order valence-corrected chi connectivity index (χ2v) is 8.27. The normalized spacial score (nSPS) is 13.4. The zero-order valence-corrected chi connectivity index (χ0v) is 19.8. The van der Waals surface area contributed by atoms with Crippen molar-refractivity contribution in [1.29, 1.82) is 0 Å². The predicted octanol–water partition coefficient (Wildman–Crippen LogP) is 7.05. The molecule has 0 aliphatic carbocycles. The average Bonchev–Trinajstić information content (AvgIpc) is 3.21. The molecule has 0 saturated carbocycles. The minimum absolute atomic E-state index is 0.126. The lowest BCUT2D eigenvalue weighted by atomic mass is 10.0. The van der Waals surface area contributed by atoms with Gasteiger partial charge in [-0.15, -0.1) is 0 Å². The standard InChI is InChI=1S/C26H27F2NO6/c1-5-17(33-25(27)28)9-6-8-16(2)23-21-13-12-19(15-22(21)35-29-23)32-18-10-7-11-20(14-18)34-26(3,4)24(30)31/h5-8,10-16,25H,9H2,1-4H3,(H,30,31)/b8-6-,17-5+. The Morgan fingerprint density at radius 1 is 1.17 bits per heavy atom. The highest BCUT2D eigenvalue weighted by atomic mass is 19.3. The van der Waals surface area contributed by atoms with Crippen LogP contribution >= 0.6 is 0 Å². The molecule has 0 saturated heterocycles. The fraction of sp³-hybridized carbons (Fsp3) is 0.308. The Hall–Kier alpha value is -3.88. The maximum absolute atomic E-state index is 12.4. The van der Waals surface area contributed by atoms with Crippen molar-refractivity contribution in [2.75, 3.05) is 0 Å². The van der Waals surface area contributed by atoms with Gasteiger partial charge in [-0.3, -0.25) is 0 Å². The van der Waals surface area contributed by atoms with Crippen LogP contribution in [-0.4, -0.2) is 28.4 Å². The number of ether oxygens (including phenoxy) is 3. The van der Waals surface area contributed by atoms with Crippen molar-refractivity contribution in [2.24, 2.45) is 0 Å². The summed E-state index contributed by atoms with van der Waals surface area (Å²) in [4.78, 5) is 11.3. The SMILES string of the molecule is C/C=C(\C/C=C\C(C)c1noc2cc(Oc3cccc(OC(C)(C)C(=O)O)c3)ccc12)OC(F)F. The van der Waals surface area contributed by atoms with Gasteiger partial charge >= 0.3 is 12.6 Å². The molecule has 3 aromatic rings. The largest absolute Gasteiger partial charge is 0.478 e. The van der Waals surface area contributed by atoms with Crippen molar-refractivity contribution in [1.82, 2.24) is 5.16 Å². The number of aliphatic carboxylic acids is 1. The molecule has 0 amide bonds. The van der Waals surface area contributed by atoms with Crippen molar-refractivity contribution >= 4 is 16.9 Å². The molecule has 1 atom stereocenters. The number of rotatable bonds is 11. The number of carboxylic acid groups (broad SMARTS) is 1. The molecular weight excluding hydrogens is 460 g/mol. The molecule has 9 heteroatoms. The summed E-state index contributed by atoms with van der Waals surface area (Å²) in [5.74, 6) is 0.307. The van der Waals surface area contributed by atoms with E-state index in [1.165, 1.54) is 19.9 Å². The quantitative estimate of drug-likeness (QED) is 0.229. The molecule has 186 valence electrons. The summed E-state index contributed by atoms with van der Waals surface area (Å²) in [6.45, 7) is 3.64. The van der Waals surface area contributed by atoms with E-state index < -0.39 is 18.2 Å². The number of allylic oxidation sites excluding steroid dienone is 3. The highest BCUT2D eigenvalue weighted by Crippen LogP contribution is 2.32. The molecule has 3 rings (SSSR count). The number of hydrogen-bond acceptors (Lipinski definition) is 6. The van der Waals surface area contributed by atoms with Gasteiger partial charge in [-0.2, -0.15) is 8.78 Å². The van der Waals surface area contributed by atoms with Crippen molar-refractivity contribution in [3.05, 3.63) is 72.1 Å². The number of alkyl halides is 2. The van der Waals surface area contributed by atoms with Gasteiger partial charge in [0.05, 0.1) is 5.69 Å². The molecular formula is C26H27F2NO6. The number of carboxylic acids is 1. The first-order chi connectivity index (χ1) is 16.6. The molecule has 0 aliphatic heterocycles. The smallest absolute Gasteiger partial charge is 0.387 e. The molecule has 0 radical (unpaired) electrons. The maximum atomic E-state index is 12.4. The zero-order valence-electron chi connectivity index (χ0n) is 19.8. The third kappa shape index (κ3) is 6.81. The van der Waals surface area contributed by atoms with Gasteiger partial charge in [-0.1, -0.05) is 30.3 Å². The summed E-state index contributed by atoms with van der Waals surface area (Å²) in [5, 5.41) is 14.2. The first-order valence-corrected chi connectivity index (χ1v) is 11.0. The van der Waals surface area contributed by atoms with Gasteiger partial charge in [0.15, 0.2) is 11.2 Å². The van der Waals surface area contributed by atoms with Crippen LogP contribution in [0.5, 0.6) is 17.2 Å². The monoisotopic (exact) mass is 487 g/mol. The van der Waals surface area contributed by atoms with Crippen LogP contribution in [0.3, 0.4) is 0 Å². The van der Waals surface area contributed by atoms with Gasteiger partial charge in [0, 0.05) is 29.9 Å². The van der Waals surface area contributed by atoms with Crippen LogP contribution in [0.1, 0.15) is 45.7 Å². The van der Waals surface area contributed by atoms with E-state index in [1.54, 1.807) is 49.4 Å². The second kappa shape index (κ2) is 11.0. The molecule has 1 heterocycles. The Morgan fingerprint density at radius 2 is 1.89 bits per heavy atom. The van der Waals surface area contributed by atoms with Crippen LogP contribution < -0.4 is 9.47 Å². The number of carbonyl (C=O) groups is 1. The third-order valence-corrected chi connectivity index (χ3v) is 5.14. The van der Waals surface area contributed by atoms with Gasteiger partial charge < -0.3 is 23.8 Å². The van der Waals surface area contributed by atoms with Gasteiger partial charge in [0.1, 0.15) is 23.0 Å². The van der Waals surface area contributed by atoms with E-state index >= 15 is 0 Å². The number of halogens is 2. The zero-order chi connectivity index (χ0) is 25.6.